The number of rotatable bonds is 3. The van der Waals surface area contributed by atoms with Crippen molar-refractivity contribution in [2.75, 3.05) is 19.6 Å². The van der Waals surface area contributed by atoms with E-state index in [1.165, 1.54) is 18.4 Å². The van der Waals surface area contributed by atoms with E-state index in [1.54, 1.807) is 4.90 Å². The molecule has 2 aliphatic rings. The fourth-order valence-electron chi connectivity index (χ4n) is 2.61. The van der Waals surface area contributed by atoms with Crippen molar-refractivity contribution in [3.8, 4) is 0 Å². The van der Waals surface area contributed by atoms with Gasteiger partial charge in [0.15, 0.2) is 0 Å². The molecule has 1 N–H and O–H groups in total. The van der Waals surface area contributed by atoms with Gasteiger partial charge in [0.25, 0.3) is 0 Å². The second-order valence-electron chi connectivity index (χ2n) is 5.11. The van der Waals surface area contributed by atoms with Crippen molar-refractivity contribution in [2.24, 2.45) is 0 Å². The molecule has 0 unspecified atom stereocenters. The van der Waals surface area contributed by atoms with E-state index in [4.69, 9.17) is 0 Å². The summed E-state index contributed by atoms with van der Waals surface area (Å²) in [7, 11) is 0. The van der Waals surface area contributed by atoms with Gasteiger partial charge in [0.05, 0.1) is 0 Å². The van der Waals surface area contributed by atoms with E-state index in [-0.39, 0.29) is 5.91 Å². The molecule has 0 aromatic rings. The van der Waals surface area contributed by atoms with Gasteiger partial charge in [-0.05, 0) is 44.9 Å². The van der Waals surface area contributed by atoms with Gasteiger partial charge in [0, 0.05) is 19.6 Å². The number of likely N-dealkylation sites (tertiary alicyclic amines) is 1. The Bertz CT molecular complexity index is 344. The summed E-state index contributed by atoms with van der Waals surface area (Å²) in [6, 6.07) is 0. The van der Waals surface area contributed by atoms with Crippen LogP contribution in [0.25, 0.3) is 0 Å². The molecule has 18 heavy (non-hydrogen) atoms. The topological polar surface area (TPSA) is 49.4 Å². The molecular formula is C14H22N2O2. The minimum Gasteiger partial charge on any atom is -0.348 e. The summed E-state index contributed by atoms with van der Waals surface area (Å²) in [5.41, 5.74) is 1.43. The summed E-state index contributed by atoms with van der Waals surface area (Å²) in [6.07, 6.45) is 10.1. The molecule has 2 amide bonds. The monoisotopic (exact) mass is 250 g/mol. The smallest absolute Gasteiger partial charge is 0.311 e. The lowest BCUT2D eigenvalue weighted by atomic mass is 9.97. The van der Waals surface area contributed by atoms with Gasteiger partial charge >= 0.3 is 11.8 Å². The van der Waals surface area contributed by atoms with Crippen LogP contribution in [0.3, 0.4) is 0 Å². The molecule has 1 aliphatic carbocycles. The Labute approximate surface area is 108 Å². The van der Waals surface area contributed by atoms with Gasteiger partial charge in [0.1, 0.15) is 0 Å². The molecule has 4 heteroatoms. The molecule has 0 aromatic heterocycles. The zero-order valence-corrected chi connectivity index (χ0v) is 10.9. The van der Waals surface area contributed by atoms with Gasteiger partial charge in [-0.3, -0.25) is 9.59 Å². The summed E-state index contributed by atoms with van der Waals surface area (Å²) in [5, 5.41) is 2.74. The molecule has 100 valence electrons. The average molecular weight is 250 g/mol. The van der Waals surface area contributed by atoms with Crippen LogP contribution in [0.15, 0.2) is 11.6 Å². The van der Waals surface area contributed by atoms with Crippen LogP contribution >= 0.6 is 0 Å². The lowest BCUT2D eigenvalue weighted by Gasteiger charge is -2.15. The van der Waals surface area contributed by atoms with Crippen molar-refractivity contribution in [3.05, 3.63) is 11.6 Å². The second-order valence-corrected chi connectivity index (χ2v) is 5.11. The summed E-state index contributed by atoms with van der Waals surface area (Å²) in [4.78, 5) is 25.0. The van der Waals surface area contributed by atoms with Crippen molar-refractivity contribution in [1.29, 1.82) is 0 Å². The van der Waals surface area contributed by atoms with Gasteiger partial charge in [-0.15, -0.1) is 0 Å². The van der Waals surface area contributed by atoms with E-state index in [9.17, 15) is 9.59 Å². The predicted octanol–water partition coefficient (Wildman–Crippen LogP) is 1.62. The first-order chi connectivity index (χ1) is 8.77. The molecule has 1 heterocycles. The lowest BCUT2D eigenvalue weighted by Crippen LogP contribution is -2.41. The maximum atomic E-state index is 11.7. The molecule has 4 nitrogen and oxygen atoms in total. The van der Waals surface area contributed by atoms with Gasteiger partial charge in [-0.1, -0.05) is 11.6 Å². The standard InChI is InChI=1S/C14H22N2O2/c17-13(14(18)16-10-4-5-11-16)15-9-8-12-6-2-1-3-7-12/h6H,1-5,7-11H2,(H,15,17). The lowest BCUT2D eigenvalue weighted by molar-refractivity contribution is -0.145. The van der Waals surface area contributed by atoms with Crippen molar-refractivity contribution in [2.45, 2.75) is 44.9 Å². The maximum absolute atomic E-state index is 11.7. The molecular weight excluding hydrogens is 228 g/mol. The summed E-state index contributed by atoms with van der Waals surface area (Å²) >= 11 is 0. The Morgan fingerprint density at radius 2 is 1.94 bits per heavy atom. The summed E-state index contributed by atoms with van der Waals surface area (Å²) in [5.74, 6) is -0.793. The Hall–Kier alpha value is -1.32. The normalized spacial score (nSPS) is 19.6. The fraction of sp³-hybridized carbons (Fsp3) is 0.714. The number of nitrogens with zero attached hydrogens (tertiary/aromatic N) is 1. The van der Waals surface area contributed by atoms with Crippen LogP contribution in [0.5, 0.6) is 0 Å². The van der Waals surface area contributed by atoms with E-state index in [1.807, 2.05) is 0 Å². The van der Waals surface area contributed by atoms with Crippen LogP contribution in [0.2, 0.25) is 0 Å². The highest BCUT2D eigenvalue weighted by atomic mass is 16.2. The first-order valence-electron chi connectivity index (χ1n) is 7.02. The largest absolute Gasteiger partial charge is 0.348 e. The van der Waals surface area contributed by atoms with Crippen LogP contribution in [-0.2, 0) is 9.59 Å². The molecule has 0 atom stereocenters. The van der Waals surface area contributed by atoms with E-state index < -0.39 is 5.91 Å². The van der Waals surface area contributed by atoms with E-state index in [0.717, 1.165) is 45.2 Å². The minimum atomic E-state index is -0.437. The SMILES string of the molecule is O=C(NCCC1=CCCCC1)C(=O)N1CCCC1. The van der Waals surface area contributed by atoms with Gasteiger partial charge in [0.2, 0.25) is 0 Å². The maximum Gasteiger partial charge on any atom is 0.311 e. The van der Waals surface area contributed by atoms with Crippen LogP contribution in [-0.4, -0.2) is 36.3 Å². The highest BCUT2D eigenvalue weighted by molar-refractivity contribution is 6.35. The molecule has 1 fully saturated rings. The number of nitrogens with one attached hydrogen (secondary N) is 1. The number of amides is 2. The van der Waals surface area contributed by atoms with Crippen molar-refractivity contribution in [3.63, 3.8) is 0 Å². The number of hydrogen-bond acceptors (Lipinski definition) is 2. The van der Waals surface area contributed by atoms with E-state index in [0.29, 0.717) is 6.54 Å². The average Bonchev–Trinajstić information content (AvgIpc) is 2.93. The minimum absolute atomic E-state index is 0.356. The highest BCUT2D eigenvalue weighted by Crippen LogP contribution is 2.19. The third-order valence-electron chi connectivity index (χ3n) is 3.70. The van der Waals surface area contributed by atoms with Crippen LogP contribution in [0.1, 0.15) is 44.9 Å². The predicted molar refractivity (Wildman–Crippen MR) is 70.0 cm³/mol. The Balaban J connectivity index is 1.67. The molecule has 0 saturated carbocycles. The van der Waals surface area contributed by atoms with Crippen LogP contribution in [0.4, 0.5) is 0 Å². The Morgan fingerprint density at radius 1 is 1.17 bits per heavy atom. The molecule has 1 aliphatic heterocycles. The molecule has 0 aromatic carbocycles. The van der Waals surface area contributed by atoms with E-state index >= 15 is 0 Å². The van der Waals surface area contributed by atoms with Gasteiger partial charge in [-0.2, -0.15) is 0 Å². The number of carbonyl (C=O) groups is 2. The zero-order valence-electron chi connectivity index (χ0n) is 10.9. The molecule has 0 radical (unpaired) electrons. The third-order valence-corrected chi connectivity index (χ3v) is 3.70. The quantitative estimate of drug-likeness (QED) is 0.611. The van der Waals surface area contributed by atoms with E-state index in [2.05, 4.69) is 11.4 Å². The van der Waals surface area contributed by atoms with Crippen LogP contribution < -0.4 is 5.32 Å². The molecule has 0 spiro atoms. The summed E-state index contributed by atoms with van der Waals surface area (Å²) in [6.45, 7) is 2.05. The number of hydrogen-bond donors (Lipinski definition) is 1. The molecule has 2 rings (SSSR count). The molecule has 1 saturated heterocycles. The van der Waals surface area contributed by atoms with Crippen LogP contribution in [0, 0.1) is 0 Å². The second kappa shape index (κ2) is 6.57. The number of allylic oxidation sites excluding steroid dienone is 1. The van der Waals surface area contributed by atoms with Gasteiger partial charge < -0.3 is 10.2 Å². The first kappa shape index (κ1) is 13.1. The van der Waals surface area contributed by atoms with Crippen molar-refractivity contribution < 1.29 is 9.59 Å². The fourth-order valence-corrected chi connectivity index (χ4v) is 2.61. The Morgan fingerprint density at radius 3 is 2.61 bits per heavy atom. The van der Waals surface area contributed by atoms with Gasteiger partial charge in [-0.25, -0.2) is 0 Å². The molecule has 0 bridgehead atoms. The van der Waals surface area contributed by atoms with Crippen molar-refractivity contribution in [1.82, 2.24) is 10.2 Å². The first-order valence-corrected chi connectivity index (χ1v) is 7.02. The summed E-state index contributed by atoms with van der Waals surface area (Å²) < 4.78 is 0. The van der Waals surface area contributed by atoms with Crippen molar-refractivity contribution >= 4 is 11.8 Å². The third kappa shape index (κ3) is 3.59. The highest BCUT2D eigenvalue weighted by Gasteiger charge is 2.23. The number of carbonyl (C=O) groups excluding carboxylic acids is 2. The zero-order chi connectivity index (χ0) is 12.8. The Kier molecular flexibility index (Phi) is 4.79.